The fourth-order valence-electron chi connectivity index (χ4n) is 4.10. The van der Waals surface area contributed by atoms with Crippen molar-refractivity contribution < 1.29 is 4.79 Å². The summed E-state index contributed by atoms with van der Waals surface area (Å²) in [5.74, 6) is 0.0399. The van der Waals surface area contributed by atoms with Crippen molar-refractivity contribution in [1.29, 1.82) is 0 Å². The Labute approximate surface area is 169 Å². The molecule has 1 saturated heterocycles. The van der Waals surface area contributed by atoms with E-state index >= 15 is 0 Å². The van der Waals surface area contributed by atoms with E-state index in [0.717, 1.165) is 30.5 Å². The van der Waals surface area contributed by atoms with E-state index in [0.29, 0.717) is 12.1 Å². The monoisotopic (exact) mass is 391 g/mol. The molecule has 1 aliphatic carbocycles. The van der Waals surface area contributed by atoms with Crippen LogP contribution < -0.4 is 10.2 Å². The predicted molar refractivity (Wildman–Crippen MR) is 116 cm³/mol. The molecule has 3 heterocycles. The number of benzene rings is 1. The number of hydrogen-bond acceptors (Lipinski definition) is 4. The van der Waals surface area contributed by atoms with E-state index in [1.165, 1.54) is 39.1 Å². The topological polar surface area (TPSA) is 45.2 Å². The number of fused-ring (bicyclic) bond motifs is 1. The summed E-state index contributed by atoms with van der Waals surface area (Å²) >= 11 is 1.81. The number of hydrogen-bond donors (Lipinski definition) is 1. The second kappa shape index (κ2) is 6.89. The van der Waals surface area contributed by atoms with Gasteiger partial charge in [-0.1, -0.05) is 6.07 Å². The number of pyridine rings is 1. The number of carbonyl (C=O) groups is 1. The van der Waals surface area contributed by atoms with Gasteiger partial charge in [0.15, 0.2) is 0 Å². The number of aromatic nitrogens is 1. The van der Waals surface area contributed by atoms with Gasteiger partial charge in [0.1, 0.15) is 0 Å². The molecule has 1 amide bonds. The Hall–Kier alpha value is -2.40. The highest BCUT2D eigenvalue weighted by Crippen LogP contribution is 2.41. The van der Waals surface area contributed by atoms with Crippen molar-refractivity contribution in [2.75, 3.05) is 11.4 Å². The van der Waals surface area contributed by atoms with Crippen molar-refractivity contribution in [3.05, 3.63) is 47.8 Å². The zero-order chi connectivity index (χ0) is 19.3. The van der Waals surface area contributed by atoms with E-state index in [-0.39, 0.29) is 5.91 Å². The molecule has 1 N–H and O–H groups in total. The van der Waals surface area contributed by atoms with E-state index in [4.69, 9.17) is 0 Å². The molecule has 144 valence electrons. The van der Waals surface area contributed by atoms with Crippen LogP contribution in [0.3, 0.4) is 0 Å². The number of anilines is 1. The van der Waals surface area contributed by atoms with Crippen molar-refractivity contribution >= 4 is 33.0 Å². The molecule has 2 aromatic heterocycles. The Morgan fingerprint density at radius 3 is 2.82 bits per heavy atom. The molecule has 28 heavy (non-hydrogen) atoms. The Morgan fingerprint density at radius 1 is 1.21 bits per heavy atom. The van der Waals surface area contributed by atoms with Crippen LogP contribution in [0, 0.1) is 6.92 Å². The largest absolute Gasteiger partial charge is 0.366 e. The van der Waals surface area contributed by atoms with Crippen molar-refractivity contribution in [2.45, 2.75) is 51.6 Å². The minimum Gasteiger partial charge on any atom is -0.366 e. The van der Waals surface area contributed by atoms with Crippen LogP contribution in [0.5, 0.6) is 0 Å². The maximum atomic E-state index is 12.5. The summed E-state index contributed by atoms with van der Waals surface area (Å²) in [4.78, 5) is 20.7. The third-order valence-corrected chi connectivity index (χ3v) is 7.15. The van der Waals surface area contributed by atoms with Gasteiger partial charge in [0.25, 0.3) is 5.91 Å². The molecule has 0 spiro atoms. The molecule has 3 aromatic rings. The summed E-state index contributed by atoms with van der Waals surface area (Å²) in [5.41, 5.74) is 4.33. The van der Waals surface area contributed by atoms with Crippen LogP contribution in [-0.2, 0) is 0 Å². The molecule has 0 radical (unpaired) electrons. The number of rotatable bonds is 4. The molecule has 5 rings (SSSR count). The SMILES string of the molecule is Cc1ccc(C(=O)NC2CC2)cc1-c1cc2cncc(N3CCCC3C)c2s1. The fourth-order valence-corrected chi connectivity index (χ4v) is 5.34. The first-order valence-electron chi connectivity index (χ1n) is 10.2. The first-order chi connectivity index (χ1) is 13.6. The van der Waals surface area contributed by atoms with Crippen LogP contribution in [0.2, 0.25) is 0 Å². The normalized spacial score (nSPS) is 19.4. The van der Waals surface area contributed by atoms with Gasteiger partial charge in [-0.15, -0.1) is 11.3 Å². The molecule has 5 heteroatoms. The van der Waals surface area contributed by atoms with E-state index < -0.39 is 0 Å². The average molecular weight is 392 g/mol. The van der Waals surface area contributed by atoms with Crippen LogP contribution in [0.1, 0.15) is 48.5 Å². The smallest absolute Gasteiger partial charge is 0.251 e. The predicted octanol–water partition coefficient (Wildman–Crippen LogP) is 5.15. The first kappa shape index (κ1) is 17.7. The van der Waals surface area contributed by atoms with Crippen LogP contribution in [0.25, 0.3) is 20.5 Å². The molecular formula is C23H25N3OS. The lowest BCUT2D eigenvalue weighted by atomic mass is 10.0. The van der Waals surface area contributed by atoms with Gasteiger partial charge in [-0.3, -0.25) is 9.78 Å². The zero-order valence-corrected chi connectivity index (χ0v) is 17.2. The maximum Gasteiger partial charge on any atom is 0.251 e. The number of carbonyl (C=O) groups excluding carboxylic acids is 1. The fraction of sp³-hybridized carbons (Fsp3) is 0.391. The molecule has 2 fully saturated rings. The third kappa shape index (κ3) is 3.18. The van der Waals surface area contributed by atoms with Gasteiger partial charge in [0, 0.05) is 40.7 Å². The van der Waals surface area contributed by atoms with Gasteiger partial charge in [-0.05, 0) is 68.9 Å². The number of nitrogens with zero attached hydrogens (tertiary/aromatic N) is 2. The van der Waals surface area contributed by atoms with Gasteiger partial charge in [0.05, 0.1) is 16.6 Å². The van der Waals surface area contributed by atoms with E-state index in [1.54, 1.807) is 0 Å². The number of amides is 1. The Morgan fingerprint density at radius 2 is 2.07 bits per heavy atom. The number of thiophene rings is 1. The maximum absolute atomic E-state index is 12.5. The third-order valence-electron chi connectivity index (χ3n) is 5.94. The average Bonchev–Trinajstić information content (AvgIpc) is 3.23. The lowest BCUT2D eigenvalue weighted by molar-refractivity contribution is 0.0951. The van der Waals surface area contributed by atoms with Crippen LogP contribution in [0.4, 0.5) is 5.69 Å². The summed E-state index contributed by atoms with van der Waals surface area (Å²) in [6, 6.07) is 9.20. The van der Waals surface area contributed by atoms with Crippen molar-refractivity contribution in [1.82, 2.24) is 10.3 Å². The van der Waals surface area contributed by atoms with Gasteiger partial charge in [-0.2, -0.15) is 0 Å². The van der Waals surface area contributed by atoms with Gasteiger partial charge >= 0.3 is 0 Å². The van der Waals surface area contributed by atoms with Gasteiger partial charge in [0.2, 0.25) is 0 Å². The first-order valence-corrected chi connectivity index (χ1v) is 11.0. The van der Waals surface area contributed by atoms with Crippen LogP contribution in [0.15, 0.2) is 36.7 Å². The highest BCUT2D eigenvalue weighted by Gasteiger charge is 2.25. The van der Waals surface area contributed by atoms with Crippen LogP contribution in [-0.4, -0.2) is 29.5 Å². The minimum absolute atomic E-state index is 0.0399. The summed E-state index contributed by atoms with van der Waals surface area (Å²) in [7, 11) is 0. The molecule has 1 aromatic carbocycles. The van der Waals surface area contributed by atoms with Crippen molar-refractivity contribution in [2.24, 2.45) is 0 Å². The summed E-state index contributed by atoms with van der Waals surface area (Å²) in [6.07, 6.45) is 8.66. The number of nitrogens with one attached hydrogen (secondary N) is 1. The second-order valence-corrected chi connectivity index (χ2v) is 9.20. The van der Waals surface area contributed by atoms with E-state index in [1.807, 2.05) is 35.9 Å². The second-order valence-electron chi connectivity index (χ2n) is 8.15. The summed E-state index contributed by atoms with van der Waals surface area (Å²) < 4.78 is 1.30. The van der Waals surface area contributed by atoms with Crippen LogP contribution >= 0.6 is 11.3 Å². The molecule has 4 nitrogen and oxygen atoms in total. The molecular weight excluding hydrogens is 366 g/mol. The summed E-state index contributed by atoms with van der Waals surface area (Å²) in [5, 5.41) is 4.28. The van der Waals surface area contributed by atoms with E-state index in [9.17, 15) is 4.79 Å². The Bertz CT molecular complexity index is 1050. The molecule has 0 bridgehead atoms. The van der Waals surface area contributed by atoms with Crippen molar-refractivity contribution in [3.63, 3.8) is 0 Å². The van der Waals surface area contributed by atoms with Gasteiger partial charge in [-0.25, -0.2) is 0 Å². The molecule has 2 aliphatic rings. The summed E-state index contributed by atoms with van der Waals surface area (Å²) in [6.45, 7) is 5.52. The lowest BCUT2D eigenvalue weighted by Crippen LogP contribution is -2.26. The lowest BCUT2D eigenvalue weighted by Gasteiger charge is -2.23. The Balaban J connectivity index is 1.55. The quantitative estimate of drug-likeness (QED) is 0.669. The minimum atomic E-state index is 0.0399. The number of aryl methyl sites for hydroxylation is 1. The van der Waals surface area contributed by atoms with Crippen molar-refractivity contribution in [3.8, 4) is 10.4 Å². The van der Waals surface area contributed by atoms with E-state index in [2.05, 4.69) is 41.2 Å². The molecule has 1 aliphatic heterocycles. The molecule has 1 saturated carbocycles. The molecule has 1 unspecified atom stereocenters. The van der Waals surface area contributed by atoms with Gasteiger partial charge < -0.3 is 10.2 Å². The zero-order valence-electron chi connectivity index (χ0n) is 16.4. The molecule has 1 atom stereocenters. The highest BCUT2D eigenvalue weighted by molar-refractivity contribution is 7.22. The standard InChI is InChI=1S/C23H25N3OS/c1-14-5-6-16(23(27)25-18-7-8-18)10-19(14)21-11-17-12-24-13-20(22(17)28-21)26-9-3-4-15(26)2/h5-6,10-13,15,18H,3-4,7-9H2,1-2H3,(H,25,27). The highest BCUT2D eigenvalue weighted by atomic mass is 32.1. The Kier molecular flexibility index (Phi) is 4.35.